The Labute approximate surface area is 106 Å². The third kappa shape index (κ3) is 2.94. The van der Waals surface area contributed by atoms with Crippen LogP contribution in [0.2, 0.25) is 0 Å². The van der Waals surface area contributed by atoms with Crippen LogP contribution in [0.25, 0.3) is 0 Å². The van der Waals surface area contributed by atoms with Crippen molar-refractivity contribution in [1.29, 1.82) is 0 Å². The first-order valence-corrected chi connectivity index (χ1v) is 6.23. The highest BCUT2D eigenvalue weighted by atomic mass is 19.2. The lowest BCUT2D eigenvalue weighted by Gasteiger charge is -2.34. The molecule has 0 aliphatic carbocycles. The summed E-state index contributed by atoms with van der Waals surface area (Å²) in [7, 11) is 0. The second kappa shape index (κ2) is 6.07. The molecule has 98 valence electrons. The van der Waals surface area contributed by atoms with E-state index in [2.05, 4.69) is 16.8 Å². The Hall–Kier alpha value is -1.26. The van der Waals surface area contributed by atoms with Crippen LogP contribution in [0.3, 0.4) is 0 Å². The van der Waals surface area contributed by atoms with Crippen LogP contribution in [0.15, 0.2) is 30.9 Å². The van der Waals surface area contributed by atoms with Crippen LogP contribution in [0.4, 0.5) is 8.78 Å². The van der Waals surface area contributed by atoms with Gasteiger partial charge in [0.2, 0.25) is 0 Å². The van der Waals surface area contributed by atoms with Gasteiger partial charge in [0.05, 0.1) is 0 Å². The minimum Gasteiger partial charge on any atom is -0.314 e. The van der Waals surface area contributed by atoms with Gasteiger partial charge in [0, 0.05) is 32.2 Å². The molecule has 0 aromatic heterocycles. The van der Waals surface area contributed by atoms with Crippen molar-refractivity contribution in [1.82, 2.24) is 10.2 Å². The minimum atomic E-state index is -0.795. The van der Waals surface area contributed by atoms with Crippen LogP contribution in [0, 0.1) is 11.6 Å². The topological polar surface area (TPSA) is 15.3 Å². The van der Waals surface area contributed by atoms with Crippen molar-refractivity contribution in [2.75, 3.05) is 26.2 Å². The molecule has 0 unspecified atom stereocenters. The maximum atomic E-state index is 13.3. The van der Waals surface area contributed by atoms with Crippen molar-refractivity contribution in [2.24, 2.45) is 0 Å². The molecule has 1 atom stereocenters. The number of halogens is 2. The number of hydrogen-bond acceptors (Lipinski definition) is 2. The van der Waals surface area contributed by atoms with Gasteiger partial charge in [0.1, 0.15) is 0 Å². The molecule has 0 spiro atoms. The van der Waals surface area contributed by atoms with Crippen LogP contribution >= 0.6 is 0 Å². The third-order valence-electron chi connectivity index (χ3n) is 3.31. The predicted octanol–water partition coefficient (Wildman–Crippen LogP) is 2.49. The normalized spacial score (nSPS) is 18.6. The molecule has 1 N–H and O–H groups in total. The van der Waals surface area contributed by atoms with Crippen LogP contribution in [0.5, 0.6) is 0 Å². The summed E-state index contributed by atoms with van der Waals surface area (Å²) < 4.78 is 26.3. The van der Waals surface area contributed by atoms with Crippen molar-refractivity contribution < 1.29 is 8.78 Å². The van der Waals surface area contributed by atoms with E-state index in [1.165, 1.54) is 12.1 Å². The SMILES string of the molecule is C=CC[C@H](c1ccc(F)c(F)c1)N1CCNCC1. The monoisotopic (exact) mass is 252 g/mol. The Morgan fingerprint density at radius 1 is 1.28 bits per heavy atom. The van der Waals surface area contributed by atoms with Gasteiger partial charge in [-0.15, -0.1) is 6.58 Å². The van der Waals surface area contributed by atoms with Gasteiger partial charge in [-0.3, -0.25) is 4.90 Å². The summed E-state index contributed by atoms with van der Waals surface area (Å²) in [6.45, 7) is 7.43. The summed E-state index contributed by atoms with van der Waals surface area (Å²) in [5.41, 5.74) is 0.815. The molecule has 1 aromatic carbocycles. The zero-order valence-electron chi connectivity index (χ0n) is 10.3. The fourth-order valence-corrected chi connectivity index (χ4v) is 2.37. The Morgan fingerprint density at radius 3 is 2.61 bits per heavy atom. The van der Waals surface area contributed by atoms with Crippen LogP contribution in [0.1, 0.15) is 18.0 Å². The van der Waals surface area contributed by atoms with Gasteiger partial charge in [-0.2, -0.15) is 0 Å². The molecule has 4 heteroatoms. The fourth-order valence-electron chi connectivity index (χ4n) is 2.37. The Bertz CT molecular complexity index is 414. The van der Waals surface area contributed by atoms with Crippen molar-refractivity contribution in [3.05, 3.63) is 48.1 Å². The molecular formula is C14H18F2N2. The van der Waals surface area contributed by atoms with E-state index >= 15 is 0 Å². The first kappa shape index (κ1) is 13.2. The lowest BCUT2D eigenvalue weighted by Crippen LogP contribution is -2.45. The number of hydrogen-bond donors (Lipinski definition) is 1. The van der Waals surface area contributed by atoms with Crippen molar-refractivity contribution in [2.45, 2.75) is 12.5 Å². The maximum Gasteiger partial charge on any atom is 0.159 e. The highest BCUT2D eigenvalue weighted by Crippen LogP contribution is 2.26. The summed E-state index contributed by atoms with van der Waals surface area (Å²) in [6, 6.07) is 4.24. The van der Waals surface area contributed by atoms with Crippen LogP contribution in [-0.2, 0) is 0 Å². The van der Waals surface area contributed by atoms with E-state index in [4.69, 9.17) is 0 Å². The van der Waals surface area contributed by atoms with E-state index in [1.54, 1.807) is 6.07 Å². The summed E-state index contributed by atoms with van der Waals surface area (Å²) in [5, 5.41) is 3.28. The average molecular weight is 252 g/mol. The van der Waals surface area contributed by atoms with Gasteiger partial charge in [0.25, 0.3) is 0 Å². The van der Waals surface area contributed by atoms with Gasteiger partial charge < -0.3 is 5.32 Å². The zero-order valence-corrected chi connectivity index (χ0v) is 10.3. The van der Waals surface area contributed by atoms with E-state index in [1.807, 2.05) is 6.08 Å². The predicted molar refractivity (Wildman–Crippen MR) is 68.4 cm³/mol. The third-order valence-corrected chi connectivity index (χ3v) is 3.31. The molecule has 0 radical (unpaired) electrons. The molecule has 2 nitrogen and oxygen atoms in total. The zero-order chi connectivity index (χ0) is 13.0. The molecule has 1 aliphatic rings. The smallest absolute Gasteiger partial charge is 0.159 e. The molecule has 0 bridgehead atoms. The standard InChI is InChI=1S/C14H18F2N2/c1-2-3-14(18-8-6-17-7-9-18)11-4-5-12(15)13(16)10-11/h2,4-5,10,14,17H,1,3,6-9H2/t14-/m1/s1. The average Bonchev–Trinajstić information content (AvgIpc) is 2.40. The number of nitrogens with zero attached hydrogens (tertiary/aromatic N) is 1. The quantitative estimate of drug-likeness (QED) is 0.828. The van der Waals surface area contributed by atoms with E-state index < -0.39 is 11.6 Å². The molecule has 18 heavy (non-hydrogen) atoms. The van der Waals surface area contributed by atoms with Crippen LogP contribution in [-0.4, -0.2) is 31.1 Å². The molecule has 1 fully saturated rings. The lowest BCUT2D eigenvalue weighted by atomic mass is 10.0. The Morgan fingerprint density at radius 2 is 2.00 bits per heavy atom. The first-order valence-electron chi connectivity index (χ1n) is 6.23. The number of nitrogens with one attached hydrogen (secondary N) is 1. The van der Waals surface area contributed by atoms with Gasteiger partial charge in [-0.25, -0.2) is 8.78 Å². The van der Waals surface area contributed by atoms with Crippen molar-refractivity contribution in [3.8, 4) is 0 Å². The van der Waals surface area contributed by atoms with Gasteiger partial charge in [-0.05, 0) is 24.1 Å². The summed E-state index contributed by atoms with van der Waals surface area (Å²) in [4.78, 5) is 2.28. The number of benzene rings is 1. The van der Waals surface area contributed by atoms with Gasteiger partial charge >= 0.3 is 0 Å². The second-order valence-electron chi connectivity index (χ2n) is 4.50. The fraction of sp³-hybridized carbons (Fsp3) is 0.429. The highest BCUT2D eigenvalue weighted by Gasteiger charge is 2.21. The number of piperazine rings is 1. The van der Waals surface area contributed by atoms with Gasteiger partial charge in [0.15, 0.2) is 11.6 Å². The Balaban J connectivity index is 2.22. The van der Waals surface area contributed by atoms with E-state index in [-0.39, 0.29) is 6.04 Å². The molecular weight excluding hydrogens is 234 g/mol. The summed E-state index contributed by atoms with van der Waals surface area (Å²) in [5.74, 6) is -1.58. The number of rotatable bonds is 4. The lowest BCUT2D eigenvalue weighted by molar-refractivity contribution is 0.174. The molecule has 2 rings (SSSR count). The highest BCUT2D eigenvalue weighted by molar-refractivity contribution is 5.22. The maximum absolute atomic E-state index is 13.3. The van der Waals surface area contributed by atoms with E-state index in [9.17, 15) is 8.78 Å². The molecule has 1 aromatic rings. The summed E-state index contributed by atoms with van der Waals surface area (Å²) in [6.07, 6.45) is 2.57. The molecule has 1 heterocycles. The van der Waals surface area contributed by atoms with Crippen molar-refractivity contribution >= 4 is 0 Å². The Kier molecular flexibility index (Phi) is 4.44. The first-order chi connectivity index (χ1) is 8.72. The van der Waals surface area contributed by atoms with E-state index in [0.717, 1.165) is 38.2 Å². The van der Waals surface area contributed by atoms with Gasteiger partial charge in [-0.1, -0.05) is 12.1 Å². The van der Waals surface area contributed by atoms with E-state index in [0.29, 0.717) is 0 Å². The molecule has 0 saturated carbocycles. The van der Waals surface area contributed by atoms with Crippen molar-refractivity contribution in [3.63, 3.8) is 0 Å². The second-order valence-corrected chi connectivity index (χ2v) is 4.50. The summed E-state index contributed by atoms with van der Waals surface area (Å²) >= 11 is 0. The minimum absolute atomic E-state index is 0.0831. The molecule has 1 aliphatic heterocycles. The van der Waals surface area contributed by atoms with Crippen LogP contribution < -0.4 is 5.32 Å². The molecule has 0 amide bonds. The molecule has 1 saturated heterocycles. The largest absolute Gasteiger partial charge is 0.314 e.